The Hall–Kier alpha value is -1.51. The molecule has 3 aromatic rings. The van der Waals surface area contributed by atoms with Gasteiger partial charge in [-0.2, -0.15) is 0 Å². The Labute approximate surface area is 179 Å². The molecule has 1 amide bonds. The SMILES string of the molecule is O=C(CSc1nnnn1Cc1ccccc1)Nc1c(Cl)c(Cl)cc(Cl)c1Cl. The zero-order valence-corrected chi connectivity index (χ0v) is 17.3. The first-order valence-electron chi connectivity index (χ1n) is 7.51. The molecule has 2 aromatic carbocycles. The summed E-state index contributed by atoms with van der Waals surface area (Å²) in [5, 5.41) is 15.3. The van der Waals surface area contributed by atoms with Crippen molar-refractivity contribution in [2.24, 2.45) is 0 Å². The number of amides is 1. The molecule has 0 aliphatic carbocycles. The lowest BCUT2D eigenvalue weighted by atomic mass is 10.2. The van der Waals surface area contributed by atoms with Crippen molar-refractivity contribution in [3.05, 3.63) is 62.1 Å². The molecule has 0 bridgehead atoms. The molecule has 0 atom stereocenters. The van der Waals surface area contributed by atoms with Gasteiger partial charge in [0.15, 0.2) is 0 Å². The fourth-order valence-corrected chi connectivity index (χ4v) is 3.72. The van der Waals surface area contributed by atoms with E-state index in [1.54, 1.807) is 4.68 Å². The Balaban J connectivity index is 1.65. The summed E-state index contributed by atoms with van der Waals surface area (Å²) in [6.07, 6.45) is 0. The Morgan fingerprint density at radius 1 is 1.07 bits per heavy atom. The minimum absolute atomic E-state index is 0.0476. The molecule has 1 heterocycles. The summed E-state index contributed by atoms with van der Waals surface area (Å²) < 4.78 is 1.61. The highest BCUT2D eigenvalue weighted by Crippen LogP contribution is 2.41. The predicted molar refractivity (Wildman–Crippen MR) is 109 cm³/mol. The first kappa shape index (κ1) is 20.2. The lowest BCUT2D eigenvalue weighted by Gasteiger charge is -2.11. The number of rotatable bonds is 6. The van der Waals surface area contributed by atoms with Gasteiger partial charge in [-0.3, -0.25) is 4.79 Å². The maximum absolute atomic E-state index is 12.3. The molecule has 3 rings (SSSR count). The van der Waals surface area contributed by atoms with Crippen LogP contribution in [0.25, 0.3) is 0 Å². The highest BCUT2D eigenvalue weighted by molar-refractivity contribution is 7.99. The van der Waals surface area contributed by atoms with E-state index >= 15 is 0 Å². The summed E-state index contributed by atoms with van der Waals surface area (Å²) in [6.45, 7) is 0.499. The van der Waals surface area contributed by atoms with E-state index in [1.807, 2.05) is 30.3 Å². The summed E-state index contributed by atoms with van der Waals surface area (Å²) >= 11 is 25.3. The summed E-state index contributed by atoms with van der Waals surface area (Å²) in [7, 11) is 0. The van der Waals surface area contributed by atoms with E-state index < -0.39 is 0 Å². The largest absolute Gasteiger partial charge is 0.323 e. The Bertz CT molecular complexity index is 941. The number of carbonyl (C=O) groups excluding carboxylic acids is 1. The predicted octanol–water partition coefficient (Wildman–Crippen LogP) is 5.07. The van der Waals surface area contributed by atoms with E-state index in [4.69, 9.17) is 46.4 Å². The number of nitrogens with zero attached hydrogens (tertiary/aromatic N) is 4. The molecule has 0 fully saturated rings. The van der Waals surface area contributed by atoms with Crippen LogP contribution in [0.3, 0.4) is 0 Å². The highest BCUT2D eigenvalue weighted by Gasteiger charge is 2.17. The van der Waals surface area contributed by atoms with E-state index in [0.29, 0.717) is 11.7 Å². The molecule has 1 N–H and O–H groups in total. The molecular weight excluding hydrogens is 452 g/mol. The van der Waals surface area contributed by atoms with Gasteiger partial charge in [0.25, 0.3) is 0 Å². The summed E-state index contributed by atoms with van der Waals surface area (Å²) in [5.74, 6) is -0.303. The van der Waals surface area contributed by atoms with E-state index in [-0.39, 0.29) is 37.4 Å². The molecule has 11 heteroatoms. The number of halogens is 4. The van der Waals surface area contributed by atoms with Gasteiger partial charge in [0, 0.05) is 0 Å². The fraction of sp³-hybridized carbons (Fsp3) is 0.125. The first-order chi connectivity index (χ1) is 13.0. The Kier molecular flexibility index (Phi) is 6.83. The van der Waals surface area contributed by atoms with E-state index in [2.05, 4.69) is 20.8 Å². The molecular formula is C16H11Cl4N5OS. The third-order valence-corrected chi connectivity index (χ3v) is 5.91. The van der Waals surface area contributed by atoms with Gasteiger partial charge >= 0.3 is 0 Å². The summed E-state index contributed by atoms with van der Waals surface area (Å²) in [4.78, 5) is 12.3. The van der Waals surface area contributed by atoms with Crippen molar-refractivity contribution in [3.63, 3.8) is 0 Å². The van der Waals surface area contributed by atoms with Gasteiger partial charge in [0.1, 0.15) is 0 Å². The zero-order valence-electron chi connectivity index (χ0n) is 13.5. The maximum atomic E-state index is 12.3. The van der Waals surface area contributed by atoms with Gasteiger partial charge in [0.2, 0.25) is 11.1 Å². The minimum atomic E-state index is -0.351. The van der Waals surface area contributed by atoms with Crippen molar-refractivity contribution >= 4 is 69.8 Å². The first-order valence-corrected chi connectivity index (χ1v) is 10.0. The maximum Gasteiger partial charge on any atom is 0.234 e. The third kappa shape index (κ3) is 5.06. The average molecular weight is 463 g/mol. The van der Waals surface area contributed by atoms with Crippen LogP contribution in [-0.2, 0) is 11.3 Å². The number of anilines is 1. The van der Waals surface area contributed by atoms with Crippen LogP contribution < -0.4 is 5.32 Å². The monoisotopic (exact) mass is 461 g/mol. The lowest BCUT2D eigenvalue weighted by Crippen LogP contribution is -2.15. The van der Waals surface area contributed by atoms with Crippen molar-refractivity contribution < 1.29 is 4.79 Å². The second kappa shape index (κ2) is 9.12. The van der Waals surface area contributed by atoms with Crippen LogP contribution in [0.5, 0.6) is 0 Å². The van der Waals surface area contributed by atoms with E-state index in [9.17, 15) is 4.79 Å². The third-order valence-electron chi connectivity index (χ3n) is 3.38. The van der Waals surface area contributed by atoms with Gasteiger partial charge in [-0.1, -0.05) is 88.5 Å². The quantitative estimate of drug-likeness (QED) is 0.409. The number of benzene rings is 2. The van der Waals surface area contributed by atoms with Crippen LogP contribution in [-0.4, -0.2) is 31.9 Å². The molecule has 0 unspecified atom stereocenters. The van der Waals surface area contributed by atoms with Crippen molar-refractivity contribution in [2.75, 3.05) is 11.1 Å². The number of carbonyl (C=O) groups is 1. The van der Waals surface area contributed by atoms with Gasteiger partial charge in [0.05, 0.1) is 38.1 Å². The van der Waals surface area contributed by atoms with Crippen molar-refractivity contribution in [1.29, 1.82) is 0 Å². The number of tetrazole rings is 1. The van der Waals surface area contributed by atoms with Gasteiger partial charge in [-0.05, 0) is 22.1 Å². The van der Waals surface area contributed by atoms with Crippen LogP contribution in [0.4, 0.5) is 5.69 Å². The average Bonchev–Trinajstić information content (AvgIpc) is 3.10. The van der Waals surface area contributed by atoms with Crippen LogP contribution in [0.1, 0.15) is 5.56 Å². The lowest BCUT2D eigenvalue weighted by molar-refractivity contribution is -0.113. The molecule has 27 heavy (non-hydrogen) atoms. The van der Waals surface area contributed by atoms with Crippen molar-refractivity contribution in [2.45, 2.75) is 11.7 Å². The minimum Gasteiger partial charge on any atom is -0.323 e. The molecule has 0 saturated heterocycles. The molecule has 140 valence electrons. The molecule has 1 aromatic heterocycles. The van der Waals surface area contributed by atoms with Crippen LogP contribution >= 0.6 is 58.2 Å². The number of hydrogen-bond donors (Lipinski definition) is 1. The highest BCUT2D eigenvalue weighted by atomic mass is 35.5. The Morgan fingerprint density at radius 3 is 2.41 bits per heavy atom. The van der Waals surface area contributed by atoms with Gasteiger partial charge < -0.3 is 5.32 Å². The molecule has 0 aliphatic rings. The van der Waals surface area contributed by atoms with E-state index in [1.165, 1.54) is 17.8 Å². The number of hydrogen-bond acceptors (Lipinski definition) is 5. The molecule has 0 aliphatic heterocycles. The van der Waals surface area contributed by atoms with Crippen LogP contribution in [0.15, 0.2) is 41.6 Å². The fourth-order valence-electron chi connectivity index (χ4n) is 2.14. The van der Waals surface area contributed by atoms with Gasteiger partial charge in [-0.15, -0.1) is 5.10 Å². The topological polar surface area (TPSA) is 72.7 Å². The van der Waals surface area contributed by atoms with Gasteiger partial charge in [-0.25, -0.2) is 4.68 Å². The number of nitrogens with one attached hydrogen (secondary N) is 1. The van der Waals surface area contributed by atoms with Crippen molar-refractivity contribution in [3.8, 4) is 0 Å². The van der Waals surface area contributed by atoms with Crippen molar-refractivity contribution in [1.82, 2.24) is 20.2 Å². The number of thioether (sulfide) groups is 1. The van der Waals surface area contributed by atoms with Crippen LogP contribution in [0, 0.1) is 0 Å². The standard InChI is InChI=1S/C16H11Cl4N5OS/c17-10-6-11(18)14(20)15(13(10)19)21-12(26)8-27-16-22-23-24-25(16)7-9-4-2-1-3-5-9/h1-6H,7-8H2,(H,21,26). The molecule has 0 saturated carbocycles. The molecule has 0 radical (unpaired) electrons. The Morgan fingerprint density at radius 2 is 1.74 bits per heavy atom. The summed E-state index contributed by atoms with van der Waals surface area (Å²) in [5.41, 5.74) is 1.22. The molecule has 6 nitrogen and oxygen atoms in total. The zero-order chi connectivity index (χ0) is 19.4. The molecule has 0 spiro atoms. The summed E-state index contributed by atoms with van der Waals surface area (Å²) in [6, 6.07) is 11.1. The smallest absolute Gasteiger partial charge is 0.234 e. The normalized spacial score (nSPS) is 10.8. The number of aromatic nitrogens is 4. The van der Waals surface area contributed by atoms with E-state index in [0.717, 1.165) is 5.56 Å². The van der Waals surface area contributed by atoms with Crippen LogP contribution in [0.2, 0.25) is 20.1 Å². The second-order valence-electron chi connectivity index (χ2n) is 5.28. The second-order valence-corrected chi connectivity index (χ2v) is 7.80.